The lowest BCUT2D eigenvalue weighted by molar-refractivity contribution is 0.564. The van der Waals surface area contributed by atoms with E-state index in [1.54, 1.807) is 139 Å². The van der Waals surface area contributed by atoms with E-state index in [9.17, 15) is 0 Å². The fraction of sp³-hybridized carbons (Fsp3) is 0.600. The molecule has 9 aliphatic carbocycles. The lowest BCUT2D eigenvalue weighted by Gasteiger charge is -2.22. The molecule has 0 aromatic heterocycles. The first-order chi connectivity index (χ1) is 66.6. The monoisotopic (exact) mass is 1820 g/mol. The van der Waals surface area contributed by atoms with Gasteiger partial charge in [0, 0.05) is 0 Å². The maximum Gasteiger partial charge on any atom is -0.0233 e. The van der Waals surface area contributed by atoms with E-state index in [2.05, 4.69) is 226 Å². The van der Waals surface area contributed by atoms with Crippen LogP contribution in [0.15, 0.2) is 164 Å². The summed E-state index contributed by atoms with van der Waals surface area (Å²) < 4.78 is 0. The third kappa shape index (κ3) is 41.4. The predicted octanol–water partition coefficient (Wildman–Crippen LogP) is 38.7. The van der Waals surface area contributed by atoms with Crippen molar-refractivity contribution in [2.24, 2.45) is 0 Å². The minimum absolute atomic E-state index is 1.24. The van der Waals surface area contributed by atoms with E-state index in [0.29, 0.717) is 0 Å². The van der Waals surface area contributed by atoms with Gasteiger partial charge in [-0.05, 0) is 375 Å². The third-order valence-electron chi connectivity index (χ3n) is 31.6. The van der Waals surface area contributed by atoms with Crippen molar-refractivity contribution in [1.29, 1.82) is 0 Å². The first-order valence-corrected chi connectivity index (χ1v) is 58.6. The molecule has 0 aliphatic heterocycles. The van der Waals surface area contributed by atoms with Gasteiger partial charge in [-0.2, -0.15) is 0 Å². The van der Waals surface area contributed by atoms with Crippen LogP contribution in [0.5, 0.6) is 0 Å². The summed E-state index contributed by atoms with van der Waals surface area (Å²) in [5.41, 5.74) is 42.9. The molecule has 0 fully saturated rings. The summed E-state index contributed by atoms with van der Waals surface area (Å²) in [7, 11) is 0. The van der Waals surface area contributed by atoms with Crippen molar-refractivity contribution in [2.75, 3.05) is 0 Å². The minimum atomic E-state index is 1.24. The standard InChI is InChI=1S/C19H30.C18H28.C17H26.C16H24.C15H22.C14H20.C13H18.C12H16.C11H14/c1-2-3-4-5-6-7-8-9-10-11-17-12-13-18-14-15-19(18)16-17;1-2-3-4-5-6-7-8-9-10-16-11-12-17-13-14-18(17)15-16;1-2-3-4-5-6-7-8-9-15-10-11-16-12-13-17(16)14-15;1-2-3-4-5-6-7-9-14-10-8-11-15-12-13-16(14)15;1-2-3-4-5-6-7-13-8-9-14-10-11-15(14)12-13;1-2-3-4-5-6-12-7-8-13-9-10-14(13)11-12;1-2-3-4-5-11-6-7-12-8-9-13(12)10-11;1-2-3-4-10-5-6-11-7-8-12(11)9-10;1-2-3-9-4-5-10-6-7-11(10)8-9/h12-13,16H,2-11,14-15H2,1H3;11-12,15H,2-10,13-14H2,1H3;10-11,14H,2-9,12-13H2,1H3;8,10-11H,2-7,9,12-13H2,1H3;8-9,12H,2-7,10-11H2,1H3;7-8,11H,2-6,9-10H2,1H3;6-7,10H,2-5,8-9H2,1H3;5-6,9H,2-4,7-8H2,1H3;4-5,8H,2-3,6-7H2,1H3. The summed E-state index contributed by atoms with van der Waals surface area (Å²) in [6.07, 6.45) is 98.2. The molecule has 18 rings (SSSR count). The average molecular weight is 1820 g/mol. The summed E-state index contributed by atoms with van der Waals surface area (Å²) in [6, 6.07) is 63.5. The van der Waals surface area contributed by atoms with Crippen molar-refractivity contribution < 1.29 is 0 Å². The van der Waals surface area contributed by atoms with E-state index < -0.39 is 0 Å². The van der Waals surface area contributed by atoms with Gasteiger partial charge in [-0.3, -0.25) is 0 Å². The second-order valence-electron chi connectivity index (χ2n) is 42.9. The van der Waals surface area contributed by atoms with Crippen molar-refractivity contribution in [3.63, 3.8) is 0 Å². The number of hydrogen-bond donors (Lipinski definition) is 0. The van der Waals surface area contributed by atoms with Crippen LogP contribution in [0.4, 0.5) is 0 Å². The molecule has 0 saturated carbocycles. The van der Waals surface area contributed by atoms with Crippen LogP contribution in [0.25, 0.3) is 0 Å². The van der Waals surface area contributed by atoms with E-state index in [-0.39, 0.29) is 0 Å². The van der Waals surface area contributed by atoms with E-state index in [4.69, 9.17) is 0 Å². The first-order valence-electron chi connectivity index (χ1n) is 58.6. The molecule has 0 heterocycles. The second kappa shape index (κ2) is 67.4. The number of hydrogen-bond acceptors (Lipinski definition) is 0. The number of benzene rings is 9. The van der Waals surface area contributed by atoms with E-state index >= 15 is 0 Å². The normalized spacial score (nSPS) is 13.4. The molecule has 0 saturated heterocycles. The van der Waals surface area contributed by atoms with Gasteiger partial charge in [0.25, 0.3) is 0 Å². The number of fused-ring (bicyclic) bond motifs is 9. The molecule has 0 N–H and O–H groups in total. The molecule has 9 aromatic carbocycles. The molecule has 0 heteroatoms. The zero-order chi connectivity index (χ0) is 94.6. The molecule has 0 nitrogen and oxygen atoms in total. The predicted molar refractivity (Wildman–Crippen MR) is 597 cm³/mol. The van der Waals surface area contributed by atoms with Gasteiger partial charge in [0.15, 0.2) is 0 Å². The highest BCUT2D eigenvalue weighted by Gasteiger charge is 2.21. The topological polar surface area (TPSA) is 0 Å². The quantitative estimate of drug-likeness (QED) is 0.0333. The van der Waals surface area contributed by atoms with Gasteiger partial charge in [0.2, 0.25) is 0 Å². The molecule has 9 aromatic rings. The van der Waals surface area contributed by atoms with Gasteiger partial charge >= 0.3 is 0 Å². The number of aryl methyl sites for hydroxylation is 26. The summed E-state index contributed by atoms with van der Waals surface area (Å²) in [5, 5.41) is 0. The SMILES string of the molecule is CCCCCCCCCCCc1ccc2c(c1)CC2.CCCCCCCCCCc1ccc2c(c1)CC2.CCCCCCCCCc1ccc2c(c1)CC2.CCCCCCCCc1cccc2c1CC2.CCCCCCCc1ccc2c(c1)CC2.CCCCCCc1ccc2c(c1)CC2.CCCCCc1ccc2c(c1)CC2.CCCCc1ccc2c(c1)CC2.CCCc1ccc2c(c1)CC2. The molecule has 9 aliphatic rings. The van der Waals surface area contributed by atoms with Gasteiger partial charge in [0.1, 0.15) is 0 Å². The van der Waals surface area contributed by atoms with Crippen molar-refractivity contribution in [1.82, 2.24) is 0 Å². The lowest BCUT2D eigenvalue weighted by Crippen LogP contribution is -2.11. The van der Waals surface area contributed by atoms with E-state index in [1.807, 2.05) is 0 Å². The van der Waals surface area contributed by atoms with E-state index in [0.717, 1.165) is 0 Å². The smallest absolute Gasteiger partial charge is 0.0233 e. The Bertz CT molecular complexity index is 4680. The van der Waals surface area contributed by atoms with Crippen LogP contribution in [0, 0.1) is 0 Å². The first kappa shape index (κ1) is 110. The van der Waals surface area contributed by atoms with Crippen LogP contribution in [0.3, 0.4) is 0 Å². The van der Waals surface area contributed by atoms with E-state index in [1.165, 1.54) is 473 Å². The van der Waals surface area contributed by atoms with Crippen LogP contribution < -0.4 is 0 Å². The maximum atomic E-state index is 2.45. The summed E-state index contributed by atoms with van der Waals surface area (Å²) in [6.45, 7) is 20.4. The molecule has 0 spiro atoms. The van der Waals surface area contributed by atoms with Gasteiger partial charge in [-0.15, -0.1) is 0 Å². The molecule has 0 amide bonds. The zero-order valence-electron chi connectivity index (χ0n) is 89.0. The third-order valence-corrected chi connectivity index (χ3v) is 31.6. The number of rotatable bonds is 54. The molecular weight excluding hydrogens is 1620 g/mol. The van der Waals surface area contributed by atoms with Gasteiger partial charge < -0.3 is 0 Å². The van der Waals surface area contributed by atoms with Crippen LogP contribution >= 0.6 is 0 Å². The highest BCUT2D eigenvalue weighted by molar-refractivity contribution is 5.46. The molecule has 738 valence electrons. The van der Waals surface area contributed by atoms with Crippen LogP contribution in [0.1, 0.15) is 501 Å². The van der Waals surface area contributed by atoms with Crippen LogP contribution in [-0.2, 0) is 173 Å². The second-order valence-corrected chi connectivity index (χ2v) is 42.9. The van der Waals surface area contributed by atoms with Crippen molar-refractivity contribution >= 4 is 0 Å². The van der Waals surface area contributed by atoms with Crippen LogP contribution in [-0.4, -0.2) is 0 Å². The molecular formula is C135H198. The molecule has 135 heavy (non-hydrogen) atoms. The van der Waals surface area contributed by atoms with Crippen molar-refractivity contribution in [2.45, 2.75) is 525 Å². The van der Waals surface area contributed by atoms with Crippen molar-refractivity contribution in [3.05, 3.63) is 314 Å². The highest BCUT2D eigenvalue weighted by Crippen LogP contribution is 2.34. The molecule has 0 unspecified atom stereocenters. The van der Waals surface area contributed by atoms with Crippen LogP contribution in [0.2, 0.25) is 0 Å². The van der Waals surface area contributed by atoms with Crippen molar-refractivity contribution in [3.8, 4) is 0 Å². The molecule has 0 atom stereocenters. The highest BCUT2D eigenvalue weighted by atomic mass is 14.3. The maximum absolute atomic E-state index is 2.45. The van der Waals surface area contributed by atoms with Gasteiger partial charge in [-0.25, -0.2) is 0 Å². The lowest BCUT2D eigenvalue weighted by atomic mass is 9.83. The average Bonchev–Trinajstić information content (AvgIpc) is 0.801. The van der Waals surface area contributed by atoms with Gasteiger partial charge in [0.05, 0.1) is 0 Å². The Morgan fingerprint density at radius 2 is 0.296 bits per heavy atom. The fourth-order valence-corrected chi connectivity index (χ4v) is 21.2. The summed E-state index contributed by atoms with van der Waals surface area (Å²) in [5.74, 6) is 0. The minimum Gasteiger partial charge on any atom is -0.0654 e. The molecule has 0 radical (unpaired) electrons. The number of unbranched alkanes of at least 4 members (excludes halogenated alkanes) is 36. The Kier molecular flexibility index (Phi) is 54.9. The Labute approximate surface area is 832 Å². The summed E-state index contributed by atoms with van der Waals surface area (Å²) in [4.78, 5) is 0. The largest absolute Gasteiger partial charge is 0.0654 e. The fourth-order valence-electron chi connectivity index (χ4n) is 21.2. The Hall–Kier alpha value is -7.02. The molecule has 0 bridgehead atoms. The Balaban J connectivity index is 0.000000158. The Morgan fingerprint density at radius 1 is 0.126 bits per heavy atom. The van der Waals surface area contributed by atoms with Gasteiger partial charge in [-0.1, -0.05) is 464 Å². The summed E-state index contributed by atoms with van der Waals surface area (Å²) >= 11 is 0. The Morgan fingerprint density at radius 3 is 0.489 bits per heavy atom. The zero-order valence-corrected chi connectivity index (χ0v) is 89.0.